The summed E-state index contributed by atoms with van der Waals surface area (Å²) in [6, 6.07) is 11.3. The number of nitrogens with one attached hydrogen (secondary N) is 2. The Labute approximate surface area is 175 Å². The Kier molecular flexibility index (Phi) is 6.36. The van der Waals surface area contributed by atoms with Gasteiger partial charge in [-0.1, -0.05) is 6.07 Å². The highest BCUT2D eigenvalue weighted by molar-refractivity contribution is 5.92. The maximum Gasteiger partial charge on any atom is 0.343 e. The largest absolute Gasteiger partial charge is 0.493 e. The Bertz CT molecular complexity index is 1220. The van der Waals surface area contributed by atoms with Crippen molar-refractivity contribution in [2.45, 2.75) is 6.92 Å². The highest BCUT2D eigenvalue weighted by atomic mass is 16.6. The van der Waals surface area contributed by atoms with Crippen LogP contribution in [0.15, 0.2) is 58.4 Å². The van der Waals surface area contributed by atoms with Crippen molar-refractivity contribution in [2.75, 3.05) is 12.5 Å². The maximum atomic E-state index is 12.4. The average Bonchev–Trinajstić information content (AvgIpc) is 2.74. The topological polar surface area (TPSA) is 149 Å². The molecule has 1 aromatic heterocycles. The number of benzene rings is 2. The zero-order chi connectivity index (χ0) is 22.4. The molecular formula is C20H17N5O6. The van der Waals surface area contributed by atoms with E-state index in [1.807, 2.05) is 0 Å². The monoisotopic (exact) mass is 423 g/mol. The van der Waals surface area contributed by atoms with Crippen LogP contribution in [0.5, 0.6) is 11.5 Å². The molecule has 0 atom stereocenters. The molecule has 0 bridgehead atoms. The van der Waals surface area contributed by atoms with Gasteiger partial charge in [0.05, 0.1) is 23.8 Å². The van der Waals surface area contributed by atoms with E-state index < -0.39 is 10.9 Å². The molecule has 0 spiro atoms. The number of aryl methyl sites for hydroxylation is 1. The summed E-state index contributed by atoms with van der Waals surface area (Å²) in [5.74, 6) is -0.186. The number of aromatic amines is 1. The third kappa shape index (κ3) is 5.50. The van der Waals surface area contributed by atoms with Crippen molar-refractivity contribution in [3.63, 3.8) is 0 Å². The van der Waals surface area contributed by atoms with E-state index in [1.165, 1.54) is 43.7 Å². The molecule has 0 fully saturated rings. The maximum absolute atomic E-state index is 12.4. The molecule has 158 valence electrons. The van der Waals surface area contributed by atoms with Crippen molar-refractivity contribution >= 4 is 23.8 Å². The van der Waals surface area contributed by atoms with E-state index >= 15 is 0 Å². The Balaban J connectivity index is 1.73. The molecule has 0 saturated carbocycles. The number of hydrazone groups is 1. The van der Waals surface area contributed by atoms with Crippen LogP contribution in [-0.4, -0.2) is 34.2 Å². The van der Waals surface area contributed by atoms with E-state index in [0.717, 1.165) is 6.07 Å². The number of rotatable bonds is 7. The van der Waals surface area contributed by atoms with Crippen LogP contribution < -0.4 is 20.5 Å². The summed E-state index contributed by atoms with van der Waals surface area (Å²) >= 11 is 0. The van der Waals surface area contributed by atoms with E-state index in [9.17, 15) is 19.7 Å². The number of carbonyl (C=O) groups is 1. The highest BCUT2D eigenvalue weighted by Gasteiger charge is 2.16. The number of anilines is 1. The summed E-state index contributed by atoms with van der Waals surface area (Å²) < 4.78 is 10.6. The first-order valence-electron chi connectivity index (χ1n) is 8.87. The van der Waals surface area contributed by atoms with Crippen molar-refractivity contribution in [1.82, 2.24) is 9.97 Å². The second-order valence-electron chi connectivity index (χ2n) is 6.21. The minimum Gasteiger partial charge on any atom is -0.493 e. The van der Waals surface area contributed by atoms with Crippen LogP contribution in [0, 0.1) is 17.0 Å². The van der Waals surface area contributed by atoms with Crippen molar-refractivity contribution < 1.29 is 19.2 Å². The minimum atomic E-state index is -0.764. The number of nitrogens with zero attached hydrogens (tertiary/aromatic N) is 3. The molecule has 31 heavy (non-hydrogen) atoms. The van der Waals surface area contributed by atoms with E-state index in [2.05, 4.69) is 20.5 Å². The number of carbonyl (C=O) groups excluding carboxylic acids is 1. The molecule has 0 amide bonds. The normalized spacial score (nSPS) is 10.6. The smallest absolute Gasteiger partial charge is 0.343 e. The molecule has 0 aliphatic rings. The molecule has 3 aromatic rings. The van der Waals surface area contributed by atoms with Gasteiger partial charge in [-0.05, 0) is 36.8 Å². The summed E-state index contributed by atoms with van der Waals surface area (Å²) in [7, 11) is 1.40. The number of ether oxygens (including phenoxy) is 2. The molecule has 0 radical (unpaired) electrons. The van der Waals surface area contributed by atoms with Gasteiger partial charge >= 0.3 is 5.97 Å². The van der Waals surface area contributed by atoms with Crippen LogP contribution in [0.2, 0.25) is 0 Å². The molecule has 2 N–H and O–H groups in total. The first-order valence-corrected chi connectivity index (χ1v) is 8.87. The van der Waals surface area contributed by atoms with E-state index in [4.69, 9.17) is 9.47 Å². The number of non-ortho nitro benzene ring substituents is 1. The summed E-state index contributed by atoms with van der Waals surface area (Å²) in [5, 5.41) is 14.9. The molecule has 3 rings (SSSR count). The van der Waals surface area contributed by atoms with Gasteiger partial charge in [-0.2, -0.15) is 5.10 Å². The van der Waals surface area contributed by atoms with E-state index in [1.54, 1.807) is 19.1 Å². The van der Waals surface area contributed by atoms with Gasteiger partial charge in [0.1, 0.15) is 0 Å². The number of H-pyrrole nitrogens is 1. The van der Waals surface area contributed by atoms with Gasteiger partial charge in [-0.3, -0.25) is 19.9 Å². The van der Waals surface area contributed by atoms with Crippen LogP contribution in [0.25, 0.3) is 0 Å². The van der Waals surface area contributed by atoms with Crippen molar-refractivity contribution in [1.29, 1.82) is 0 Å². The fourth-order valence-electron chi connectivity index (χ4n) is 2.55. The van der Waals surface area contributed by atoms with Gasteiger partial charge < -0.3 is 9.47 Å². The standard InChI is InChI=1S/C20H17N5O6/c1-12-8-18(26)23-20(22-12)24-21-11-13-6-7-16(17(9-13)30-2)31-19(27)14-4-3-5-15(10-14)25(28)29/h3-11H,1-2H3,(H2,22,23,24,26)/b21-11+. The van der Waals surface area contributed by atoms with E-state index in [-0.39, 0.29) is 34.3 Å². The molecule has 0 unspecified atom stereocenters. The zero-order valence-electron chi connectivity index (χ0n) is 16.5. The average molecular weight is 423 g/mol. The van der Waals surface area contributed by atoms with Gasteiger partial charge in [0.2, 0.25) is 5.95 Å². The Morgan fingerprint density at radius 3 is 2.74 bits per heavy atom. The van der Waals surface area contributed by atoms with Crippen LogP contribution >= 0.6 is 0 Å². The fraction of sp³-hybridized carbons (Fsp3) is 0.100. The molecule has 11 nitrogen and oxygen atoms in total. The number of methoxy groups -OCH3 is 1. The second kappa shape index (κ2) is 9.31. The molecule has 0 saturated heterocycles. The second-order valence-corrected chi connectivity index (χ2v) is 6.21. The summed E-state index contributed by atoms with van der Waals surface area (Å²) in [6.45, 7) is 1.68. The lowest BCUT2D eigenvalue weighted by Gasteiger charge is -2.10. The van der Waals surface area contributed by atoms with Crippen LogP contribution in [0.3, 0.4) is 0 Å². The molecule has 11 heteroatoms. The summed E-state index contributed by atoms with van der Waals surface area (Å²) in [4.78, 5) is 40.6. The highest BCUT2D eigenvalue weighted by Crippen LogP contribution is 2.28. The van der Waals surface area contributed by atoms with E-state index in [0.29, 0.717) is 11.3 Å². The lowest BCUT2D eigenvalue weighted by Crippen LogP contribution is -2.10. The first kappa shape index (κ1) is 21.2. The number of aromatic nitrogens is 2. The molecule has 0 aliphatic carbocycles. The summed E-state index contributed by atoms with van der Waals surface area (Å²) in [6.07, 6.45) is 1.46. The number of nitro benzene ring substituents is 1. The van der Waals surface area contributed by atoms with Crippen molar-refractivity contribution in [3.05, 3.63) is 85.8 Å². The number of hydrogen-bond acceptors (Lipinski definition) is 9. The van der Waals surface area contributed by atoms with Gasteiger partial charge in [0.25, 0.3) is 11.2 Å². The minimum absolute atomic E-state index is 0.0331. The van der Waals surface area contributed by atoms with Crippen molar-refractivity contribution in [2.24, 2.45) is 5.10 Å². The zero-order valence-corrected chi connectivity index (χ0v) is 16.5. The SMILES string of the molecule is COc1cc(/C=N/Nc2nc(C)cc(=O)[nH]2)ccc1OC(=O)c1cccc([N+](=O)[O-])c1. The van der Waals surface area contributed by atoms with Gasteiger partial charge in [-0.15, -0.1) is 0 Å². The lowest BCUT2D eigenvalue weighted by molar-refractivity contribution is -0.384. The van der Waals surface area contributed by atoms with Crippen molar-refractivity contribution in [3.8, 4) is 11.5 Å². The van der Waals surface area contributed by atoms with Gasteiger partial charge in [0, 0.05) is 23.9 Å². The number of nitro groups is 1. The molecule has 0 aliphatic heterocycles. The Hall–Kier alpha value is -4.54. The van der Waals surface area contributed by atoms with Gasteiger partial charge in [-0.25, -0.2) is 15.2 Å². The van der Waals surface area contributed by atoms with Crippen LogP contribution in [-0.2, 0) is 0 Å². The third-order valence-corrected chi connectivity index (χ3v) is 3.94. The lowest BCUT2D eigenvalue weighted by atomic mass is 10.2. The predicted octanol–water partition coefficient (Wildman–Crippen LogP) is 2.66. The molecular weight excluding hydrogens is 406 g/mol. The Morgan fingerprint density at radius 1 is 1.23 bits per heavy atom. The molecule has 1 heterocycles. The van der Waals surface area contributed by atoms with Crippen LogP contribution in [0.4, 0.5) is 11.6 Å². The Morgan fingerprint density at radius 2 is 2.03 bits per heavy atom. The first-order chi connectivity index (χ1) is 14.9. The number of esters is 1. The fourth-order valence-corrected chi connectivity index (χ4v) is 2.55. The third-order valence-electron chi connectivity index (χ3n) is 3.94. The van der Waals surface area contributed by atoms with Gasteiger partial charge in [0.15, 0.2) is 11.5 Å². The quantitative estimate of drug-likeness (QED) is 0.194. The predicted molar refractivity (Wildman–Crippen MR) is 112 cm³/mol. The number of hydrogen-bond donors (Lipinski definition) is 2. The molecule has 2 aromatic carbocycles. The summed E-state index contributed by atoms with van der Waals surface area (Å²) in [5.41, 5.74) is 3.27. The van der Waals surface area contributed by atoms with Crippen LogP contribution in [0.1, 0.15) is 21.6 Å².